The zero-order chi connectivity index (χ0) is 14.5. The van der Waals surface area contributed by atoms with Crippen molar-refractivity contribution in [3.63, 3.8) is 0 Å². The van der Waals surface area contributed by atoms with Crippen molar-refractivity contribution in [3.05, 3.63) is 35.4 Å². The van der Waals surface area contributed by atoms with Crippen LogP contribution in [0.3, 0.4) is 0 Å². The van der Waals surface area contributed by atoms with Crippen LogP contribution < -0.4 is 0 Å². The van der Waals surface area contributed by atoms with Crippen molar-refractivity contribution >= 4 is 6.03 Å². The van der Waals surface area contributed by atoms with Gasteiger partial charge in [0.2, 0.25) is 0 Å². The molecule has 20 heavy (non-hydrogen) atoms. The van der Waals surface area contributed by atoms with Crippen LogP contribution in [0.15, 0.2) is 18.2 Å². The fraction of sp³-hybridized carbons (Fsp3) is 0.533. The normalized spacial score (nSPS) is 27.1. The maximum Gasteiger partial charge on any atom is 0.321 e. The van der Waals surface area contributed by atoms with Gasteiger partial charge >= 0.3 is 6.03 Å². The monoisotopic (exact) mass is 280 g/mol. The Morgan fingerprint density at radius 1 is 1.35 bits per heavy atom. The van der Waals surface area contributed by atoms with Crippen LogP contribution >= 0.6 is 0 Å². The minimum Gasteiger partial charge on any atom is -0.317 e. The lowest BCUT2D eigenvalue weighted by atomic mass is 9.99. The molecule has 108 valence electrons. The first-order chi connectivity index (χ1) is 9.42. The lowest BCUT2D eigenvalue weighted by molar-refractivity contribution is 0.177. The van der Waals surface area contributed by atoms with Crippen LogP contribution in [-0.4, -0.2) is 34.5 Å². The molecule has 2 aliphatic heterocycles. The van der Waals surface area contributed by atoms with Crippen LogP contribution in [0.4, 0.5) is 13.6 Å². The number of amides is 2. The minimum absolute atomic E-state index is 0.0405. The lowest BCUT2D eigenvalue weighted by Crippen LogP contribution is -2.38. The number of rotatable bonds is 2. The molecule has 3 rings (SSSR count). The number of halogens is 2. The third kappa shape index (κ3) is 1.87. The summed E-state index contributed by atoms with van der Waals surface area (Å²) in [5.74, 6) is -1.19. The smallest absolute Gasteiger partial charge is 0.317 e. The molecular weight excluding hydrogens is 262 g/mol. The fourth-order valence-electron chi connectivity index (χ4n) is 3.41. The van der Waals surface area contributed by atoms with Gasteiger partial charge in [-0.1, -0.05) is 6.07 Å². The van der Waals surface area contributed by atoms with Crippen molar-refractivity contribution in [1.29, 1.82) is 0 Å². The number of nitrogens with zero attached hydrogens (tertiary/aromatic N) is 2. The van der Waals surface area contributed by atoms with Gasteiger partial charge in [-0.25, -0.2) is 13.6 Å². The minimum atomic E-state index is -0.598. The van der Waals surface area contributed by atoms with Crippen molar-refractivity contribution < 1.29 is 13.6 Å². The first kappa shape index (κ1) is 13.3. The molecule has 2 saturated heterocycles. The predicted octanol–water partition coefficient (Wildman–Crippen LogP) is 3.32. The van der Waals surface area contributed by atoms with E-state index in [9.17, 15) is 13.6 Å². The van der Waals surface area contributed by atoms with E-state index in [1.165, 1.54) is 12.1 Å². The molecule has 0 aromatic heterocycles. The zero-order valence-corrected chi connectivity index (χ0v) is 11.7. The summed E-state index contributed by atoms with van der Waals surface area (Å²) in [4.78, 5) is 16.0. The fourth-order valence-corrected chi connectivity index (χ4v) is 3.41. The molecule has 5 heteroatoms. The number of carbonyl (C=O) groups excluding carboxylic acids is 1. The first-order valence-electron chi connectivity index (χ1n) is 6.95. The number of urea groups is 1. The highest BCUT2D eigenvalue weighted by molar-refractivity contribution is 5.79. The standard InChI is InChI=1S/C15H18F2N2O/c1-10(12-5-4-11(16)8-13(12)17)18-9-15(2)6-3-7-19(15)14(18)20/h4-5,8,10H,3,6-7,9H2,1-2H3. The highest BCUT2D eigenvalue weighted by Gasteiger charge is 2.50. The molecule has 1 aromatic carbocycles. The maximum atomic E-state index is 13.9. The number of fused-ring (bicyclic) bond motifs is 1. The molecule has 1 aromatic rings. The van der Waals surface area contributed by atoms with Crippen LogP contribution in [0.1, 0.15) is 38.3 Å². The van der Waals surface area contributed by atoms with Gasteiger partial charge in [0.05, 0.1) is 11.6 Å². The Bertz CT molecular complexity index is 563. The molecule has 0 spiro atoms. The maximum absolute atomic E-state index is 13.9. The number of carbonyl (C=O) groups is 1. The summed E-state index contributed by atoms with van der Waals surface area (Å²) in [6.07, 6.45) is 2.00. The van der Waals surface area contributed by atoms with E-state index in [0.29, 0.717) is 12.1 Å². The molecule has 3 nitrogen and oxygen atoms in total. The molecule has 2 unspecified atom stereocenters. The molecular formula is C15H18F2N2O. The van der Waals surface area contributed by atoms with Gasteiger partial charge in [0.1, 0.15) is 11.6 Å². The highest BCUT2D eigenvalue weighted by atomic mass is 19.1. The van der Waals surface area contributed by atoms with Crippen molar-refractivity contribution in [3.8, 4) is 0 Å². The Morgan fingerprint density at radius 2 is 2.10 bits per heavy atom. The molecule has 0 bridgehead atoms. The van der Waals surface area contributed by atoms with Gasteiger partial charge in [0.15, 0.2) is 0 Å². The van der Waals surface area contributed by atoms with Crippen molar-refractivity contribution in [2.45, 2.75) is 38.3 Å². The van der Waals surface area contributed by atoms with Gasteiger partial charge in [0.25, 0.3) is 0 Å². The predicted molar refractivity (Wildman–Crippen MR) is 71.2 cm³/mol. The molecule has 2 atom stereocenters. The molecule has 2 heterocycles. The Hall–Kier alpha value is -1.65. The average Bonchev–Trinajstić information content (AvgIpc) is 2.86. The first-order valence-corrected chi connectivity index (χ1v) is 6.95. The SMILES string of the molecule is CC(c1ccc(F)cc1F)N1CC2(C)CCCN2C1=O. The topological polar surface area (TPSA) is 23.6 Å². The molecule has 2 fully saturated rings. The van der Waals surface area contributed by atoms with E-state index in [4.69, 9.17) is 0 Å². The van der Waals surface area contributed by atoms with Crippen molar-refractivity contribution in [2.75, 3.05) is 13.1 Å². The average molecular weight is 280 g/mol. The quantitative estimate of drug-likeness (QED) is 0.815. The van der Waals surface area contributed by atoms with Gasteiger partial charge in [-0.15, -0.1) is 0 Å². The zero-order valence-electron chi connectivity index (χ0n) is 11.7. The second-order valence-corrected chi connectivity index (χ2v) is 6.00. The van der Waals surface area contributed by atoms with E-state index in [-0.39, 0.29) is 17.6 Å². The Morgan fingerprint density at radius 3 is 2.75 bits per heavy atom. The highest BCUT2D eigenvalue weighted by Crippen LogP contribution is 2.40. The lowest BCUT2D eigenvalue weighted by Gasteiger charge is -2.26. The summed E-state index contributed by atoms with van der Waals surface area (Å²) in [5.41, 5.74) is 0.228. The van der Waals surface area contributed by atoms with Gasteiger partial charge < -0.3 is 9.80 Å². The van der Waals surface area contributed by atoms with Gasteiger partial charge in [-0.3, -0.25) is 0 Å². The second kappa shape index (κ2) is 4.43. The number of hydrogen-bond acceptors (Lipinski definition) is 1. The van der Waals surface area contributed by atoms with Crippen LogP contribution in [-0.2, 0) is 0 Å². The van der Waals surface area contributed by atoms with Gasteiger partial charge in [0, 0.05) is 24.7 Å². The van der Waals surface area contributed by atoms with E-state index in [2.05, 4.69) is 6.92 Å². The molecule has 2 amide bonds. The number of hydrogen-bond donors (Lipinski definition) is 0. The van der Waals surface area contributed by atoms with Gasteiger partial charge in [-0.2, -0.15) is 0 Å². The molecule has 2 aliphatic rings. The van der Waals surface area contributed by atoms with E-state index in [1.807, 2.05) is 4.90 Å². The summed E-state index contributed by atoms with van der Waals surface area (Å²) in [6.45, 7) is 5.24. The Balaban J connectivity index is 1.88. The van der Waals surface area contributed by atoms with E-state index < -0.39 is 11.6 Å². The third-order valence-corrected chi connectivity index (χ3v) is 4.62. The largest absolute Gasteiger partial charge is 0.321 e. The summed E-state index contributed by atoms with van der Waals surface area (Å²) < 4.78 is 26.9. The van der Waals surface area contributed by atoms with Crippen molar-refractivity contribution in [2.24, 2.45) is 0 Å². The summed E-state index contributed by atoms with van der Waals surface area (Å²) in [6, 6.07) is 3.11. The second-order valence-electron chi connectivity index (χ2n) is 6.00. The van der Waals surface area contributed by atoms with Crippen LogP contribution in [0.2, 0.25) is 0 Å². The van der Waals surface area contributed by atoms with Crippen LogP contribution in [0.25, 0.3) is 0 Å². The molecule has 0 N–H and O–H groups in total. The number of benzene rings is 1. The van der Waals surface area contributed by atoms with Crippen molar-refractivity contribution in [1.82, 2.24) is 9.80 Å². The van der Waals surface area contributed by atoms with E-state index in [1.54, 1.807) is 11.8 Å². The Kier molecular flexibility index (Phi) is 2.96. The Labute approximate surface area is 117 Å². The molecule has 0 radical (unpaired) electrons. The summed E-state index contributed by atoms with van der Waals surface area (Å²) in [5, 5.41) is 0. The van der Waals surface area contributed by atoms with E-state index in [0.717, 1.165) is 25.5 Å². The summed E-state index contributed by atoms with van der Waals surface area (Å²) >= 11 is 0. The van der Waals surface area contributed by atoms with Crippen LogP contribution in [0.5, 0.6) is 0 Å². The molecule has 0 aliphatic carbocycles. The molecule has 0 saturated carbocycles. The third-order valence-electron chi connectivity index (χ3n) is 4.62. The summed E-state index contributed by atoms with van der Waals surface area (Å²) in [7, 11) is 0. The van der Waals surface area contributed by atoms with E-state index >= 15 is 0 Å². The van der Waals surface area contributed by atoms with Crippen LogP contribution in [0, 0.1) is 11.6 Å². The van der Waals surface area contributed by atoms with Gasteiger partial charge in [-0.05, 0) is 32.8 Å².